The summed E-state index contributed by atoms with van der Waals surface area (Å²) < 4.78 is 5.08. The first-order valence-corrected chi connectivity index (χ1v) is 5.98. The average Bonchev–Trinajstić information content (AvgIpc) is 2.74. The standard InChI is InChI=1S/C14H19NO/c1-13(2)4-6-14(11-15,7-5-13)9-12-3-8-16-10-12/h3,8,10H,4-7,9H2,1-2H3. The van der Waals surface area contributed by atoms with E-state index in [1.807, 2.05) is 6.07 Å². The fourth-order valence-electron chi connectivity index (χ4n) is 2.52. The molecule has 16 heavy (non-hydrogen) atoms. The van der Waals surface area contributed by atoms with Crippen LogP contribution in [-0.4, -0.2) is 0 Å². The molecule has 2 nitrogen and oxygen atoms in total. The highest BCUT2D eigenvalue weighted by Crippen LogP contribution is 2.46. The molecule has 0 aliphatic heterocycles. The molecule has 2 heteroatoms. The first kappa shape index (κ1) is 11.3. The number of hydrogen-bond donors (Lipinski definition) is 0. The Hall–Kier alpha value is -1.23. The van der Waals surface area contributed by atoms with Gasteiger partial charge in [-0.05, 0) is 49.1 Å². The Balaban J connectivity index is 2.08. The summed E-state index contributed by atoms with van der Waals surface area (Å²) in [5, 5.41) is 9.43. The van der Waals surface area contributed by atoms with Crippen molar-refractivity contribution in [3.8, 4) is 6.07 Å². The summed E-state index contributed by atoms with van der Waals surface area (Å²) in [7, 11) is 0. The Morgan fingerprint density at radius 1 is 1.31 bits per heavy atom. The maximum atomic E-state index is 9.43. The molecule has 0 spiro atoms. The van der Waals surface area contributed by atoms with Crippen LogP contribution in [0, 0.1) is 22.2 Å². The van der Waals surface area contributed by atoms with E-state index in [-0.39, 0.29) is 5.41 Å². The summed E-state index contributed by atoms with van der Waals surface area (Å²) in [6.45, 7) is 4.60. The molecule has 1 fully saturated rings. The molecule has 1 aromatic heterocycles. The van der Waals surface area contributed by atoms with Crippen LogP contribution in [0.15, 0.2) is 23.0 Å². The monoisotopic (exact) mass is 217 g/mol. The van der Waals surface area contributed by atoms with E-state index in [2.05, 4.69) is 19.9 Å². The Labute approximate surface area is 97.3 Å². The number of hydrogen-bond acceptors (Lipinski definition) is 2. The van der Waals surface area contributed by atoms with E-state index < -0.39 is 0 Å². The van der Waals surface area contributed by atoms with Gasteiger partial charge in [0.25, 0.3) is 0 Å². The number of rotatable bonds is 2. The third-order valence-corrected chi connectivity index (χ3v) is 3.92. The fourth-order valence-corrected chi connectivity index (χ4v) is 2.52. The van der Waals surface area contributed by atoms with Crippen LogP contribution in [0.25, 0.3) is 0 Å². The van der Waals surface area contributed by atoms with E-state index in [4.69, 9.17) is 4.42 Å². The van der Waals surface area contributed by atoms with Gasteiger partial charge in [-0.2, -0.15) is 5.26 Å². The van der Waals surface area contributed by atoms with Crippen molar-refractivity contribution < 1.29 is 4.42 Å². The quantitative estimate of drug-likeness (QED) is 0.752. The van der Waals surface area contributed by atoms with Crippen molar-refractivity contribution in [3.63, 3.8) is 0 Å². The van der Waals surface area contributed by atoms with Crippen LogP contribution in [0.1, 0.15) is 45.1 Å². The lowest BCUT2D eigenvalue weighted by Gasteiger charge is -2.39. The molecule has 1 saturated carbocycles. The predicted molar refractivity (Wildman–Crippen MR) is 62.7 cm³/mol. The minimum Gasteiger partial charge on any atom is -0.472 e. The van der Waals surface area contributed by atoms with Crippen molar-refractivity contribution in [1.29, 1.82) is 5.26 Å². The maximum Gasteiger partial charge on any atom is 0.0935 e. The third kappa shape index (κ3) is 2.29. The molecular formula is C14H19NO. The molecule has 1 aliphatic rings. The highest BCUT2D eigenvalue weighted by Gasteiger charge is 2.38. The van der Waals surface area contributed by atoms with Gasteiger partial charge in [-0.25, -0.2) is 0 Å². The molecule has 86 valence electrons. The molecule has 1 heterocycles. The van der Waals surface area contributed by atoms with E-state index in [0.717, 1.165) is 37.7 Å². The first-order valence-electron chi connectivity index (χ1n) is 5.98. The largest absolute Gasteiger partial charge is 0.472 e. The highest BCUT2D eigenvalue weighted by atomic mass is 16.3. The van der Waals surface area contributed by atoms with E-state index in [1.54, 1.807) is 12.5 Å². The van der Waals surface area contributed by atoms with E-state index in [1.165, 1.54) is 0 Å². The second-order valence-corrected chi connectivity index (χ2v) is 5.86. The van der Waals surface area contributed by atoms with Gasteiger partial charge in [-0.1, -0.05) is 13.8 Å². The third-order valence-electron chi connectivity index (χ3n) is 3.92. The van der Waals surface area contributed by atoms with E-state index in [9.17, 15) is 5.26 Å². The zero-order valence-electron chi connectivity index (χ0n) is 10.1. The molecule has 2 rings (SSSR count). The van der Waals surface area contributed by atoms with Gasteiger partial charge in [0.05, 0.1) is 24.0 Å². The van der Waals surface area contributed by atoms with Gasteiger partial charge in [0.15, 0.2) is 0 Å². The van der Waals surface area contributed by atoms with Crippen molar-refractivity contribution >= 4 is 0 Å². The molecule has 0 bridgehead atoms. The number of nitrogens with zero attached hydrogens (tertiary/aromatic N) is 1. The zero-order valence-corrected chi connectivity index (χ0v) is 10.1. The average molecular weight is 217 g/mol. The van der Waals surface area contributed by atoms with Gasteiger partial charge < -0.3 is 4.42 Å². The Kier molecular flexibility index (Phi) is 2.80. The van der Waals surface area contributed by atoms with Gasteiger partial charge in [0.1, 0.15) is 0 Å². The van der Waals surface area contributed by atoms with Crippen molar-refractivity contribution in [2.24, 2.45) is 10.8 Å². The molecule has 0 N–H and O–H groups in total. The zero-order chi connectivity index (χ0) is 11.6. The Morgan fingerprint density at radius 2 is 2.00 bits per heavy atom. The van der Waals surface area contributed by atoms with Crippen molar-refractivity contribution in [1.82, 2.24) is 0 Å². The van der Waals surface area contributed by atoms with Crippen LogP contribution >= 0.6 is 0 Å². The Morgan fingerprint density at radius 3 is 2.50 bits per heavy atom. The van der Waals surface area contributed by atoms with Crippen LogP contribution in [-0.2, 0) is 6.42 Å². The van der Waals surface area contributed by atoms with Gasteiger partial charge in [-0.3, -0.25) is 0 Å². The summed E-state index contributed by atoms with van der Waals surface area (Å²) in [6, 6.07) is 4.52. The van der Waals surface area contributed by atoms with Crippen molar-refractivity contribution in [2.45, 2.75) is 46.0 Å². The minimum atomic E-state index is -0.153. The smallest absolute Gasteiger partial charge is 0.0935 e. The highest BCUT2D eigenvalue weighted by molar-refractivity contribution is 5.15. The van der Waals surface area contributed by atoms with Gasteiger partial charge in [0, 0.05) is 0 Å². The van der Waals surface area contributed by atoms with Crippen LogP contribution in [0.4, 0.5) is 0 Å². The Bertz CT molecular complexity index is 373. The lowest BCUT2D eigenvalue weighted by Crippen LogP contribution is -2.31. The lowest BCUT2D eigenvalue weighted by molar-refractivity contribution is 0.146. The molecule has 1 aromatic rings. The van der Waals surface area contributed by atoms with E-state index in [0.29, 0.717) is 5.41 Å². The number of furan rings is 1. The molecular weight excluding hydrogens is 198 g/mol. The maximum absolute atomic E-state index is 9.43. The number of nitriles is 1. The second kappa shape index (κ2) is 3.97. The van der Waals surface area contributed by atoms with Crippen LogP contribution in [0.2, 0.25) is 0 Å². The first-order chi connectivity index (χ1) is 7.55. The summed E-state index contributed by atoms with van der Waals surface area (Å²) in [6.07, 6.45) is 8.63. The lowest BCUT2D eigenvalue weighted by atomic mass is 9.64. The van der Waals surface area contributed by atoms with Gasteiger partial charge in [0.2, 0.25) is 0 Å². The van der Waals surface area contributed by atoms with Crippen LogP contribution in [0.5, 0.6) is 0 Å². The fraction of sp³-hybridized carbons (Fsp3) is 0.643. The molecule has 1 aliphatic carbocycles. The van der Waals surface area contributed by atoms with Crippen LogP contribution in [0.3, 0.4) is 0 Å². The predicted octanol–water partition coefficient (Wildman–Crippen LogP) is 3.93. The van der Waals surface area contributed by atoms with Gasteiger partial charge in [-0.15, -0.1) is 0 Å². The van der Waals surface area contributed by atoms with Crippen LogP contribution < -0.4 is 0 Å². The summed E-state index contributed by atoms with van der Waals surface area (Å²) in [5.41, 5.74) is 1.41. The minimum absolute atomic E-state index is 0.153. The molecule has 0 atom stereocenters. The molecule has 0 unspecified atom stereocenters. The van der Waals surface area contributed by atoms with Gasteiger partial charge >= 0.3 is 0 Å². The summed E-state index contributed by atoms with van der Waals surface area (Å²) in [4.78, 5) is 0. The summed E-state index contributed by atoms with van der Waals surface area (Å²) >= 11 is 0. The SMILES string of the molecule is CC1(C)CCC(C#N)(Cc2ccoc2)CC1. The second-order valence-electron chi connectivity index (χ2n) is 5.86. The molecule has 0 aromatic carbocycles. The molecule has 0 saturated heterocycles. The topological polar surface area (TPSA) is 36.9 Å². The van der Waals surface area contributed by atoms with Crippen molar-refractivity contribution in [2.75, 3.05) is 0 Å². The summed E-state index contributed by atoms with van der Waals surface area (Å²) in [5.74, 6) is 0. The van der Waals surface area contributed by atoms with Crippen molar-refractivity contribution in [3.05, 3.63) is 24.2 Å². The van der Waals surface area contributed by atoms with E-state index >= 15 is 0 Å². The normalized spacial score (nSPS) is 22.6. The molecule has 0 radical (unpaired) electrons. The molecule has 0 amide bonds.